The zero-order valence-corrected chi connectivity index (χ0v) is 13.2. The predicted octanol–water partition coefficient (Wildman–Crippen LogP) is 3.55. The van der Waals surface area contributed by atoms with Gasteiger partial charge in [0.15, 0.2) is 16.8 Å². The van der Waals surface area contributed by atoms with Crippen LogP contribution < -0.4 is 10.2 Å². The van der Waals surface area contributed by atoms with Crippen molar-refractivity contribution in [2.45, 2.75) is 13.5 Å². The molecule has 0 spiro atoms. The van der Waals surface area contributed by atoms with E-state index < -0.39 is 5.97 Å². The van der Waals surface area contributed by atoms with Gasteiger partial charge in [-0.25, -0.2) is 4.79 Å². The number of carbonyl (C=O) groups is 1. The van der Waals surface area contributed by atoms with Crippen LogP contribution in [-0.4, -0.2) is 12.6 Å². The summed E-state index contributed by atoms with van der Waals surface area (Å²) in [5.41, 5.74) is 0.909. The molecule has 0 saturated carbocycles. The molecular formula is C19H16O5. The molecule has 24 heavy (non-hydrogen) atoms. The highest BCUT2D eigenvalue weighted by atomic mass is 16.5. The molecule has 5 nitrogen and oxygen atoms in total. The Bertz CT molecular complexity index is 912. The fourth-order valence-electron chi connectivity index (χ4n) is 2.30. The highest BCUT2D eigenvalue weighted by molar-refractivity contribution is 5.90. The smallest absolute Gasteiger partial charge is 0.374 e. The molecule has 0 atom stereocenters. The summed E-state index contributed by atoms with van der Waals surface area (Å²) in [6.45, 7) is 2.21. The summed E-state index contributed by atoms with van der Waals surface area (Å²) in [6.07, 6.45) is 0. The summed E-state index contributed by atoms with van der Waals surface area (Å²) in [5.74, 6) is -0.404. The standard InChI is InChI=1S/C19H16O5/c1-2-22-19(21)17-11-15(20)14-9-6-10-16(18(14)24-17)23-12-13-7-4-3-5-8-13/h3-11H,2,12H2,1H3. The molecule has 0 aliphatic rings. The molecule has 0 aliphatic heterocycles. The molecule has 0 fully saturated rings. The third-order valence-electron chi connectivity index (χ3n) is 3.43. The van der Waals surface area contributed by atoms with Crippen LogP contribution in [0.4, 0.5) is 0 Å². The molecule has 0 unspecified atom stereocenters. The number of esters is 1. The molecule has 0 bridgehead atoms. The van der Waals surface area contributed by atoms with Gasteiger partial charge < -0.3 is 13.9 Å². The van der Waals surface area contributed by atoms with Crippen LogP contribution in [0.3, 0.4) is 0 Å². The van der Waals surface area contributed by atoms with E-state index in [0.29, 0.717) is 17.7 Å². The molecule has 1 aromatic heterocycles. The molecule has 0 saturated heterocycles. The number of benzene rings is 2. The second-order valence-electron chi connectivity index (χ2n) is 5.10. The third kappa shape index (κ3) is 3.30. The molecule has 5 heteroatoms. The zero-order chi connectivity index (χ0) is 16.9. The highest BCUT2D eigenvalue weighted by Crippen LogP contribution is 2.25. The molecule has 0 aliphatic carbocycles. The van der Waals surface area contributed by atoms with Crippen molar-refractivity contribution < 1.29 is 18.7 Å². The van der Waals surface area contributed by atoms with Crippen molar-refractivity contribution in [3.05, 3.63) is 76.1 Å². The fraction of sp³-hybridized carbons (Fsp3) is 0.158. The van der Waals surface area contributed by atoms with Crippen molar-refractivity contribution in [1.29, 1.82) is 0 Å². The minimum atomic E-state index is -0.672. The van der Waals surface area contributed by atoms with Crippen LogP contribution in [-0.2, 0) is 11.3 Å². The van der Waals surface area contributed by atoms with Crippen LogP contribution in [0.1, 0.15) is 23.0 Å². The monoisotopic (exact) mass is 324 g/mol. The van der Waals surface area contributed by atoms with E-state index >= 15 is 0 Å². The molecule has 122 valence electrons. The van der Waals surface area contributed by atoms with Crippen molar-refractivity contribution in [3.8, 4) is 5.75 Å². The Balaban J connectivity index is 1.98. The topological polar surface area (TPSA) is 65.7 Å². The maximum atomic E-state index is 12.2. The third-order valence-corrected chi connectivity index (χ3v) is 3.43. The van der Waals surface area contributed by atoms with Crippen molar-refractivity contribution in [1.82, 2.24) is 0 Å². The SMILES string of the molecule is CCOC(=O)c1cc(=O)c2cccc(OCc3ccccc3)c2o1. The van der Waals surface area contributed by atoms with Gasteiger partial charge in [-0.1, -0.05) is 36.4 Å². The number of carbonyl (C=O) groups excluding carboxylic acids is 1. The zero-order valence-electron chi connectivity index (χ0n) is 13.2. The Morgan fingerprint density at radius 2 is 1.88 bits per heavy atom. The summed E-state index contributed by atoms with van der Waals surface area (Å²) >= 11 is 0. The largest absolute Gasteiger partial charge is 0.485 e. The molecule has 3 aromatic rings. The average molecular weight is 324 g/mol. The van der Waals surface area contributed by atoms with Gasteiger partial charge in [0, 0.05) is 6.07 Å². The van der Waals surface area contributed by atoms with Crippen LogP contribution in [0.15, 0.2) is 63.8 Å². The van der Waals surface area contributed by atoms with Gasteiger partial charge in [-0.2, -0.15) is 0 Å². The van der Waals surface area contributed by atoms with Crippen LogP contribution in [0, 0.1) is 0 Å². The van der Waals surface area contributed by atoms with E-state index in [2.05, 4.69) is 0 Å². The van der Waals surface area contributed by atoms with Crippen molar-refractivity contribution in [2.24, 2.45) is 0 Å². The maximum Gasteiger partial charge on any atom is 0.374 e. The molecule has 2 aromatic carbocycles. The second-order valence-corrected chi connectivity index (χ2v) is 5.10. The Morgan fingerprint density at radius 1 is 1.08 bits per heavy atom. The Hall–Kier alpha value is -3.08. The Morgan fingerprint density at radius 3 is 2.62 bits per heavy atom. The molecule has 0 N–H and O–H groups in total. The van der Waals surface area contributed by atoms with Gasteiger partial charge >= 0.3 is 5.97 Å². The number of ether oxygens (including phenoxy) is 2. The van der Waals surface area contributed by atoms with E-state index in [4.69, 9.17) is 13.9 Å². The van der Waals surface area contributed by atoms with Crippen molar-refractivity contribution >= 4 is 16.9 Å². The summed E-state index contributed by atoms with van der Waals surface area (Å²) in [4.78, 5) is 24.0. The van der Waals surface area contributed by atoms with Gasteiger partial charge in [0.1, 0.15) is 6.61 Å². The Labute approximate surface area is 138 Å². The molecule has 3 rings (SSSR count). The van der Waals surface area contributed by atoms with Crippen molar-refractivity contribution in [3.63, 3.8) is 0 Å². The first-order chi connectivity index (χ1) is 11.7. The van der Waals surface area contributed by atoms with E-state index in [-0.39, 0.29) is 23.4 Å². The first-order valence-corrected chi connectivity index (χ1v) is 7.59. The van der Waals surface area contributed by atoms with Gasteiger partial charge in [0.05, 0.1) is 12.0 Å². The highest BCUT2D eigenvalue weighted by Gasteiger charge is 2.15. The summed E-state index contributed by atoms with van der Waals surface area (Å²) < 4.78 is 16.2. The number of hydrogen-bond donors (Lipinski definition) is 0. The van der Waals surface area contributed by atoms with Gasteiger partial charge in [-0.05, 0) is 24.6 Å². The second kappa shape index (κ2) is 7.00. The lowest BCUT2D eigenvalue weighted by Gasteiger charge is -2.09. The number of rotatable bonds is 5. The minimum absolute atomic E-state index is 0.134. The lowest BCUT2D eigenvalue weighted by atomic mass is 10.2. The molecule has 0 amide bonds. The predicted molar refractivity (Wildman–Crippen MR) is 89.2 cm³/mol. The van der Waals surface area contributed by atoms with Crippen molar-refractivity contribution in [2.75, 3.05) is 6.61 Å². The average Bonchev–Trinajstić information content (AvgIpc) is 2.61. The van der Waals surface area contributed by atoms with Crippen LogP contribution in [0.25, 0.3) is 11.0 Å². The first kappa shape index (κ1) is 15.8. The number of fused-ring (bicyclic) bond motifs is 1. The summed E-state index contributed by atoms with van der Waals surface area (Å²) in [6, 6.07) is 15.8. The maximum absolute atomic E-state index is 12.2. The van der Waals surface area contributed by atoms with E-state index in [9.17, 15) is 9.59 Å². The molecule has 0 radical (unpaired) electrons. The van der Waals surface area contributed by atoms with E-state index in [0.717, 1.165) is 11.6 Å². The quantitative estimate of drug-likeness (QED) is 0.672. The van der Waals surface area contributed by atoms with E-state index in [1.54, 1.807) is 25.1 Å². The lowest BCUT2D eigenvalue weighted by Crippen LogP contribution is -2.10. The molecule has 1 heterocycles. The minimum Gasteiger partial charge on any atom is -0.485 e. The Kier molecular flexibility index (Phi) is 4.61. The van der Waals surface area contributed by atoms with Crippen LogP contribution in [0.2, 0.25) is 0 Å². The van der Waals surface area contributed by atoms with E-state index in [1.165, 1.54) is 0 Å². The summed E-state index contributed by atoms with van der Waals surface area (Å²) in [7, 11) is 0. The van der Waals surface area contributed by atoms with Gasteiger partial charge in [-0.3, -0.25) is 4.79 Å². The lowest BCUT2D eigenvalue weighted by molar-refractivity contribution is 0.0490. The normalized spacial score (nSPS) is 10.5. The van der Waals surface area contributed by atoms with Gasteiger partial charge in [-0.15, -0.1) is 0 Å². The molecular weight excluding hydrogens is 308 g/mol. The fourth-order valence-corrected chi connectivity index (χ4v) is 2.30. The number of para-hydroxylation sites is 1. The van der Waals surface area contributed by atoms with Crippen LogP contribution in [0.5, 0.6) is 5.75 Å². The first-order valence-electron chi connectivity index (χ1n) is 7.59. The summed E-state index contributed by atoms with van der Waals surface area (Å²) in [5, 5.41) is 0.355. The van der Waals surface area contributed by atoms with Gasteiger partial charge in [0.25, 0.3) is 0 Å². The van der Waals surface area contributed by atoms with E-state index in [1.807, 2.05) is 30.3 Å². The van der Waals surface area contributed by atoms with Crippen LogP contribution >= 0.6 is 0 Å². The van der Waals surface area contributed by atoms with Gasteiger partial charge in [0.2, 0.25) is 5.76 Å². The number of hydrogen-bond acceptors (Lipinski definition) is 5.